The van der Waals surface area contributed by atoms with Crippen LogP contribution in [-0.4, -0.2) is 25.1 Å². The van der Waals surface area contributed by atoms with E-state index in [9.17, 15) is 4.79 Å². The maximum atomic E-state index is 12.2. The van der Waals surface area contributed by atoms with E-state index in [0.717, 1.165) is 16.9 Å². The number of rotatable bonds is 8. The molecule has 0 unspecified atom stereocenters. The second-order valence-corrected chi connectivity index (χ2v) is 6.69. The van der Waals surface area contributed by atoms with E-state index >= 15 is 0 Å². The predicted molar refractivity (Wildman–Crippen MR) is 115 cm³/mol. The van der Waals surface area contributed by atoms with Gasteiger partial charge in [-0.2, -0.15) is 0 Å². The highest BCUT2D eigenvalue weighted by Crippen LogP contribution is 2.27. The van der Waals surface area contributed by atoms with Gasteiger partial charge in [0.2, 0.25) is 5.91 Å². The molecule has 3 aromatic rings. The van der Waals surface area contributed by atoms with Crippen molar-refractivity contribution in [2.45, 2.75) is 19.9 Å². The fraction of sp³-hybridized carbons (Fsp3) is 0.217. The third-order valence-corrected chi connectivity index (χ3v) is 4.45. The monoisotopic (exact) mass is 391 g/mol. The van der Waals surface area contributed by atoms with Crippen molar-refractivity contribution in [3.63, 3.8) is 0 Å². The molecule has 0 bridgehead atoms. The number of pyridine rings is 1. The zero-order valence-corrected chi connectivity index (χ0v) is 16.9. The Hall–Kier alpha value is -3.54. The van der Waals surface area contributed by atoms with Crippen LogP contribution in [0.15, 0.2) is 60.8 Å². The van der Waals surface area contributed by atoms with E-state index in [-0.39, 0.29) is 5.91 Å². The van der Waals surface area contributed by atoms with Crippen LogP contribution in [0, 0.1) is 6.92 Å². The van der Waals surface area contributed by atoms with Gasteiger partial charge in [0.1, 0.15) is 5.82 Å². The standard InChI is InChI=1S/C23H25N3O3/c1-16-4-6-17(7-5-16)13-23(27)26-19-9-11-22(25-15-19)24-14-18-8-10-20(28-2)21(12-18)29-3/h4-12,15H,13-14H2,1-3H3,(H,24,25)(H,26,27). The third kappa shape index (κ3) is 5.72. The first kappa shape index (κ1) is 20.2. The summed E-state index contributed by atoms with van der Waals surface area (Å²) >= 11 is 0. The Balaban J connectivity index is 1.53. The zero-order valence-electron chi connectivity index (χ0n) is 16.9. The van der Waals surface area contributed by atoms with Crippen molar-refractivity contribution in [3.8, 4) is 11.5 Å². The molecule has 0 saturated carbocycles. The van der Waals surface area contributed by atoms with Gasteiger partial charge in [0.05, 0.1) is 32.5 Å². The Labute approximate surface area is 170 Å². The van der Waals surface area contributed by atoms with Crippen molar-refractivity contribution in [2.24, 2.45) is 0 Å². The van der Waals surface area contributed by atoms with Gasteiger partial charge >= 0.3 is 0 Å². The molecule has 2 N–H and O–H groups in total. The third-order valence-electron chi connectivity index (χ3n) is 4.45. The maximum Gasteiger partial charge on any atom is 0.228 e. The van der Waals surface area contributed by atoms with Gasteiger partial charge < -0.3 is 20.1 Å². The first-order valence-electron chi connectivity index (χ1n) is 9.33. The molecule has 0 aliphatic heterocycles. The molecule has 6 heteroatoms. The van der Waals surface area contributed by atoms with E-state index in [4.69, 9.17) is 9.47 Å². The van der Waals surface area contributed by atoms with Gasteiger partial charge in [0.25, 0.3) is 0 Å². The molecule has 2 aromatic carbocycles. The van der Waals surface area contributed by atoms with Gasteiger partial charge in [-0.15, -0.1) is 0 Å². The van der Waals surface area contributed by atoms with Gasteiger partial charge in [-0.05, 0) is 42.3 Å². The van der Waals surface area contributed by atoms with Crippen LogP contribution in [0.4, 0.5) is 11.5 Å². The summed E-state index contributed by atoms with van der Waals surface area (Å²) < 4.78 is 10.6. The average Bonchev–Trinajstić information content (AvgIpc) is 2.74. The molecule has 6 nitrogen and oxygen atoms in total. The molecule has 150 valence electrons. The smallest absolute Gasteiger partial charge is 0.228 e. The minimum atomic E-state index is -0.0679. The van der Waals surface area contributed by atoms with E-state index in [1.165, 1.54) is 5.56 Å². The van der Waals surface area contributed by atoms with Gasteiger partial charge in [-0.1, -0.05) is 35.9 Å². The van der Waals surface area contributed by atoms with Crippen molar-refractivity contribution in [2.75, 3.05) is 24.9 Å². The molecule has 0 radical (unpaired) electrons. The molecular weight excluding hydrogens is 366 g/mol. The molecule has 0 saturated heterocycles. The van der Waals surface area contributed by atoms with Crippen LogP contribution in [0.1, 0.15) is 16.7 Å². The lowest BCUT2D eigenvalue weighted by Gasteiger charge is -2.11. The Bertz CT molecular complexity index is 954. The molecule has 0 aliphatic rings. The van der Waals surface area contributed by atoms with E-state index in [0.29, 0.717) is 30.2 Å². The molecule has 3 rings (SSSR count). The molecule has 0 atom stereocenters. The Morgan fingerprint density at radius 2 is 1.66 bits per heavy atom. The summed E-state index contributed by atoms with van der Waals surface area (Å²) in [6, 6.07) is 17.4. The van der Waals surface area contributed by atoms with Gasteiger partial charge in [-0.25, -0.2) is 4.98 Å². The lowest BCUT2D eigenvalue weighted by Crippen LogP contribution is -2.14. The van der Waals surface area contributed by atoms with Crippen molar-refractivity contribution < 1.29 is 14.3 Å². The van der Waals surface area contributed by atoms with Crippen molar-refractivity contribution in [1.29, 1.82) is 0 Å². The number of nitrogens with one attached hydrogen (secondary N) is 2. The van der Waals surface area contributed by atoms with Crippen LogP contribution in [0.5, 0.6) is 11.5 Å². The van der Waals surface area contributed by atoms with Crippen LogP contribution in [0.25, 0.3) is 0 Å². The lowest BCUT2D eigenvalue weighted by atomic mass is 10.1. The molecule has 1 heterocycles. The number of carbonyl (C=O) groups excluding carboxylic acids is 1. The Kier molecular flexibility index (Phi) is 6.68. The summed E-state index contributed by atoms with van der Waals surface area (Å²) in [4.78, 5) is 16.6. The SMILES string of the molecule is COc1ccc(CNc2ccc(NC(=O)Cc3ccc(C)cc3)cn2)cc1OC. The second kappa shape index (κ2) is 9.59. The number of ether oxygens (including phenoxy) is 2. The largest absolute Gasteiger partial charge is 0.493 e. The quantitative estimate of drug-likeness (QED) is 0.602. The number of aryl methyl sites for hydroxylation is 1. The molecule has 1 amide bonds. The summed E-state index contributed by atoms with van der Waals surface area (Å²) in [6.45, 7) is 2.61. The highest BCUT2D eigenvalue weighted by atomic mass is 16.5. The summed E-state index contributed by atoms with van der Waals surface area (Å²) in [5, 5.41) is 6.13. The van der Waals surface area contributed by atoms with E-state index in [1.54, 1.807) is 20.4 Å². The van der Waals surface area contributed by atoms with E-state index < -0.39 is 0 Å². The summed E-state index contributed by atoms with van der Waals surface area (Å²) in [6.07, 6.45) is 1.98. The van der Waals surface area contributed by atoms with Gasteiger partial charge in [0, 0.05) is 6.54 Å². The summed E-state index contributed by atoms with van der Waals surface area (Å²) in [5.74, 6) is 2.03. The number of amides is 1. The number of aromatic nitrogens is 1. The maximum absolute atomic E-state index is 12.2. The van der Waals surface area contributed by atoms with Crippen LogP contribution in [0.3, 0.4) is 0 Å². The van der Waals surface area contributed by atoms with Crippen molar-refractivity contribution in [3.05, 3.63) is 77.5 Å². The minimum absolute atomic E-state index is 0.0679. The molecule has 0 aliphatic carbocycles. The normalized spacial score (nSPS) is 10.3. The second-order valence-electron chi connectivity index (χ2n) is 6.69. The fourth-order valence-electron chi connectivity index (χ4n) is 2.85. The van der Waals surface area contributed by atoms with E-state index in [1.807, 2.05) is 61.5 Å². The molecule has 29 heavy (non-hydrogen) atoms. The first-order valence-corrected chi connectivity index (χ1v) is 9.33. The topological polar surface area (TPSA) is 72.5 Å². The number of anilines is 2. The highest BCUT2D eigenvalue weighted by molar-refractivity contribution is 5.92. The van der Waals surface area contributed by atoms with Crippen LogP contribution >= 0.6 is 0 Å². The van der Waals surface area contributed by atoms with Crippen LogP contribution < -0.4 is 20.1 Å². The Morgan fingerprint density at radius 1 is 0.931 bits per heavy atom. The van der Waals surface area contributed by atoms with Gasteiger partial charge in [0.15, 0.2) is 11.5 Å². The number of benzene rings is 2. The Morgan fingerprint density at radius 3 is 2.31 bits per heavy atom. The van der Waals surface area contributed by atoms with E-state index in [2.05, 4.69) is 15.6 Å². The summed E-state index contributed by atoms with van der Waals surface area (Å²) in [7, 11) is 3.23. The number of nitrogens with zero attached hydrogens (tertiary/aromatic N) is 1. The zero-order chi connectivity index (χ0) is 20.6. The number of hydrogen-bond donors (Lipinski definition) is 2. The summed E-state index contributed by atoms with van der Waals surface area (Å²) in [5.41, 5.74) is 3.86. The minimum Gasteiger partial charge on any atom is -0.493 e. The number of hydrogen-bond acceptors (Lipinski definition) is 5. The van der Waals surface area contributed by atoms with Crippen LogP contribution in [0.2, 0.25) is 0 Å². The molecule has 0 spiro atoms. The lowest BCUT2D eigenvalue weighted by molar-refractivity contribution is -0.115. The first-order chi connectivity index (χ1) is 14.1. The van der Waals surface area contributed by atoms with Crippen LogP contribution in [-0.2, 0) is 17.8 Å². The van der Waals surface area contributed by atoms with Crippen molar-refractivity contribution in [1.82, 2.24) is 4.98 Å². The molecule has 1 aromatic heterocycles. The molecular formula is C23H25N3O3. The fourth-order valence-corrected chi connectivity index (χ4v) is 2.85. The average molecular weight is 391 g/mol. The number of methoxy groups -OCH3 is 2. The molecule has 0 fully saturated rings. The predicted octanol–water partition coefficient (Wildman–Crippen LogP) is 4.20. The van der Waals surface area contributed by atoms with Gasteiger partial charge in [-0.3, -0.25) is 4.79 Å². The number of carbonyl (C=O) groups is 1. The highest BCUT2D eigenvalue weighted by Gasteiger charge is 2.06. The van der Waals surface area contributed by atoms with Crippen molar-refractivity contribution >= 4 is 17.4 Å².